The van der Waals surface area contributed by atoms with Crippen LogP contribution in [0, 0.1) is 0 Å². The Labute approximate surface area is 75.9 Å². The van der Waals surface area contributed by atoms with Crippen molar-refractivity contribution in [3.8, 4) is 0 Å². The Kier molecular flexibility index (Phi) is 1.93. The van der Waals surface area contributed by atoms with Crippen molar-refractivity contribution >= 4 is 11.7 Å². The zero-order valence-electron chi connectivity index (χ0n) is 6.90. The van der Waals surface area contributed by atoms with Gasteiger partial charge in [0.05, 0.1) is 5.71 Å². The summed E-state index contributed by atoms with van der Waals surface area (Å²) in [6.07, 6.45) is 1.62. The van der Waals surface area contributed by atoms with Crippen LogP contribution in [0.25, 0.3) is 0 Å². The molecule has 0 bridgehead atoms. The summed E-state index contributed by atoms with van der Waals surface area (Å²) in [6.45, 7) is 0. The lowest BCUT2D eigenvalue weighted by Gasteiger charge is -1.89. The van der Waals surface area contributed by atoms with E-state index >= 15 is 0 Å². The molecule has 0 amide bonds. The van der Waals surface area contributed by atoms with Crippen molar-refractivity contribution in [3.63, 3.8) is 0 Å². The van der Waals surface area contributed by atoms with Crippen LogP contribution in [0.4, 0.5) is 0 Å². The second-order valence-corrected chi connectivity index (χ2v) is 2.74. The van der Waals surface area contributed by atoms with Crippen LogP contribution in [-0.4, -0.2) is 17.7 Å². The Bertz CT molecular complexity index is 421. The molecule has 1 aliphatic rings. The zero-order valence-corrected chi connectivity index (χ0v) is 6.90. The van der Waals surface area contributed by atoms with E-state index in [-0.39, 0.29) is 6.04 Å². The maximum atomic E-state index is 9.86. The van der Waals surface area contributed by atoms with Crippen LogP contribution in [0.2, 0.25) is 0 Å². The van der Waals surface area contributed by atoms with Crippen LogP contribution >= 0.6 is 0 Å². The Hall–Kier alpha value is -1.88. The Balaban J connectivity index is 2.13. The summed E-state index contributed by atoms with van der Waals surface area (Å²) in [4.78, 5) is 14.0. The maximum absolute atomic E-state index is 9.86. The number of nitrogens with zero attached hydrogens (tertiary/aromatic N) is 1. The minimum atomic E-state index is 0.0452. The SMILES string of the molecule is O=C=C=CC1N=C1c1ccccc1. The molecule has 1 atom stereocenters. The minimum absolute atomic E-state index is 0.0452. The molecule has 0 saturated carbocycles. The third-order valence-electron chi connectivity index (χ3n) is 1.86. The van der Waals surface area contributed by atoms with Gasteiger partial charge in [0.1, 0.15) is 6.04 Å². The van der Waals surface area contributed by atoms with Crippen molar-refractivity contribution in [1.29, 1.82) is 0 Å². The van der Waals surface area contributed by atoms with E-state index < -0.39 is 0 Å². The summed E-state index contributed by atoms with van der Waals surface area (Å²) in [5, 5.41) is 0. The molecule has 13 heavy (non-hydrogen) atoms. The number of rotatable bonds is 2. The first-order valence-electron chi connectivity index (χ1n) is 4.01. The standard InChI is InChI=1S/C11H7NO/c13-8-4-7-10-11(12-10)9-5-2-1-3-6-9/h1-3,5-7,10H. The van der Waals surface area contributed by atoms with Gasteiger partial charge >= 0.3 is 0 Å². The van der Waals surface area contributed by atoms with Gasteiger partial charge in [0.25, 0.3) is 0 Å². The van der Waals surface area contributed by atoms with Crippen molar-refractivity contribution in [2.45, 2.75) is 6.04 Å². The molecule has 1 aromatic carbocycles. The third kappa shape index (κ3) is 1.65. The number of carbonyl (C=O) groups excluding carboxylic acids is 1. The van der Waals surface area contributed by atoms with Gasteiger partial charge in [0, 0.05) is 0 Å². The van der Waals surface area contributed by atoms with Gasteiger partial charge in [-0.05, 0) is 17.4 Å². The number of hydrogen-bond acceptors (Lipinski definition) is 2. The van der Waals surface area contributed by atoms with Gasteiger partial charge in [-0.25, -0.2) is 4.79 Å². The molecule has 0 aliphatic carbocycles. The molecule has 0 spiro atoms. The van der Waals surface area contributed by atoms with Crippen molar-refractivity contribution < 1.29 is 4.79 Å². The van der Waals surface area contributed by atoms with E-state index in [1.54, 1.807) is 12.0 Å². The van der Waals surface area contributed by atoms with E-state index in [0.717, 1.165) is 11.3 Å². The molecule has 1 aromatic rings. The van der Waals surface area contributed by atoms with Crippen LogP contribution in [0.5, 0.6) is 0 Å². The quantitative estimate of drug-likeness (QED) is 0.486. The molecule has 1 heterocycles. The van der Waals surface area contributed by atoms with Gasteiger partial charge in [-0.2, -0.15) is 0 Å². The van der Waals surface area contributed by atoms with Gasteiger partial charge in [-0.15, -0.1) is 0 Å². The first kappa shape index (κ1) is 7.75. The summed E-state index contributed by atoms with van der Waals surface area (Å²) in [5.74, 6) is 1.58. The molecule has 2 rings (SSSR count). The molecule has 0 radical (unpaired) electrons. The second-order valence-electron chi connectivity index (χ2n) is 2.74. The van der Waals surface area contributed by atoms with Crippen LogP contribution in [0.3, 0.4) is 0 Å². The van der Waals surface area contributed by atoms with E-state index in [2.05, 4.69) is 10.7 Å². The average molecular weight is 169 g/mol. The fourth-order valence-electron chi connectivity index (χ4n) is 1.20. The van der Waals surface area contributed by atoms with Gasteiger partial charge in [-0.1, -0.05) is 30.3 Å². The first-order chi connectivity index (χ1) is 6.42. The predicted molar refractivity (Wildman–Crippen MR) is 50.5 cm³/mol. The van der Waals surface area contributed by atoms with Gasteiger partial charge in [0.15, 0.2) is 5.94 Å². The molecular weight excluding hydrogens is 162 g/mol. The lowest BCUT2D eigenvalue weighted by atomic mass is 10.1. The fraction of sp³-hybridized carbons (Fsp3) is 0.0909. The van der Waals surface area contributed by atoms with Crippen LogP contribution in [0.1, 0.15) is 5.56 Å². The summed E-state index contributed by atoms with van der Waals surface area (Å²) in [7, 11) is 0. The molecule has 2 heteroatoms. The molecule has 1 aliphatic heterocycles. The summed E-state index contributed by atoms with van der Waals surface area (Å²) in [6, 6.07) is 9.93. The minimum Gasteiger partial charge on any atom is -0.272 e. The molecule has 0 fully saturated rings. The highest BCUT2D eigenvalue weighted by molar-refractivity contribution is 6.14. The molecule has 0 N–H and O–H groups in total. The topological polar surface area (TPSA) is 29.4 Å². The summed E-state index contributed by atoms with van der Waals surface area (Å²) < 4.78 is 0. The first-order valence-corrected chi connectivity index (χ1v) is 4.01. The van der Waals surface area contributed by atoms with E-state index in [1.807, 2.05) is 30.3 Å². The summed E-state index contributed by atoms with van der Waals surface area (Å²) in [5.41, 5.74) is 4.49. The second kappa shape index (κ2) is 3.24. The van der Waals surface area contributed by atoms with Gasteiger partial charge in [0.2, 0.25) is 0 Å². The van der Waals surface area contributed by atoms with Gasteiger partial charge in [-0.3, -0.25) is 4.99 Å². The lowest BCUT2D eigenvalue weighted by Crippen LogP contribution is -1.94. The normalized spacial score (nSPS) is 18.2. The van der Waals surface area contributed by atoms with Crippen molar-refractivity contribution in [2.75, 3.05) is 0 Å². The lowest BCUT2D eigenvalue weighted by molar-refractivity contribution is 0.569. The van der Waals surface area contributed by atoms with Crippen LogP contribution in [0.15, 0.2) is 47.1 Å². The van der Waals surface area contributed by atoms with Crippen molar-refractivity contribution in [2.24, 2.45) is 4.99 Å². The van der Waals surface area contributed by atoms with Gasteiger partial charge < -0.3 is 0 Å². The smallest absolute Gasteiger partial charge is 0.176 e. The molecule has 0 saturated heterocycles. The van der Waals surface area contributed by atoms with E-state index in [4.69, 9.17) is 0 Å². The molecule has 0 aromatic heterocycles. The monoisotopic (exact) mass is 169 g/mol. The van der Waals surface area contributed by atoms with E-state index in [9.17, 15) is 4.79 Å². The summed E-state index contributed by atoms with van der Waals surface area (Å²) >= 11 is 0. The average Bonchev–Trinajstić information content (AvgIpc) is 2.95. The predicted octanol–water partition coefficient (Wildman–Crippen LogP) is 1.40. The number of benzene rings is 1. The zero-order chi connectivity index (χ0) is 9.10. The number of aliphatic imine (C=N–C) groups is 1. The fourth-order valence-corrected chi connectivity index (χ4v) is 1.20. The highest BCUT2D eigenvalue weighted by Gasteiger charge is 2.25. The number of hydrogen-bond donors (Lipinski definition) is 0. The van der Waals surface area contributed by atoms with E-state index in [0.29, 0.717) is 0 Å². The molecular formula is C11H7NO. The highest BCUT2D eigenvalue weighted by Crippen LogP contribution is 2.19. The van der Waals surface area contributed by atoms with Crippen LogP contribution in [-0.2, 0) is 4.79 Å². The molecule has 1 unspecified atom stereocenters. The molecule has 62 valence electrons. The van der Waals surface area contributed by atoms with Crippen molar-refractivity contribution in [1.82, 2.24) is 0 Å². The Morgan fingerprint density at radius 3 is 2.77 bits per heavy atom. The van der Waals surface area contributed by atoms with E-state index in [1.165, 1.54) is 0 Å². The third-order valence-corrected chi connectivity index (χ3v) is 1.86. The molecule has 2 nitrogen and oxygen atoms in total. The Morgan fingerprint density at radius 2 is 2.08 bits per heavy atom. The maximum Gasteiger partial charge on any atom is 0.176 e. The van der Waals surface area contributed by atoms with Crippen LogP contribution < -0.4 is 0 Å². The largest absolute Gasteiger partial charge is 0.272 e. The highest BCUT2D eigenvalue weighted by atomic mass is 16.1. The van der Waals surface area contributed by atoms with Crippen molar-refractivity contribution in [3.05, 3.63) is 47.7 Å². The Morgan fingerprint density at radius 1 is 1.31 bits per heavy atom.